The largest absolute Gasteiger partial charge is 0.465 e. The average molecular weight is 353 g/mol. The number of carbonyl (C=O) groups is 2. The van der Waals surface area contributed by atoms with E-state index >= 15 is 0 Å². The lowest BCUT2D eigenvalue weighted by Gasteiger charge is -2.19. The third kappa shape index (κ3) is 3.34. The predicted molar refractivity (Wildman–Crippen MR) is 80.0 cm³/mol. The summed E-state index contributed by atoms with van der Waals surface area (Å²) in [5.74, 6) is -0.529. The van der Waals surface area contributed by atoms with E-state index in [1.807, 2.05) is 0 Å². The van der Waals surface area contributed by atoms with Crippen molar-refractivity contribution in [3.05, 3.63) is 38.7 Å². The third-order valence-corrected chi connectivity index (χ3v) is 3.94. The second-order valence-electron chi connectivity index (χ2n) is 4.65. The fourth-order valence-corrected chi connectivity index (χ4v) is 2.71. The molecule has 1 heterocycles. The van der Waals surface area contributed by atoms with Crippen molar-refractivity contribution < 1.29 is 14.3 Å². The molecule has 1 aliphatic heterocycles. The number of anilines is 1. The minimum Gasteiger partial charge on any atom is -0.465 e. The number of rotatable bonds is 4. The van der Waals surface area contributed by atoms with Crippen LogP contribution in [0.25, 0.3) is 10.4 Å². The predicted octanol–water partition coefficient (Wildman–Crippen LogP) is 2.90. The fraction of sp³-hybridized carbons (Fsp3) is 0.385. The Labute approximate surface area is 129 Å². The van der Waals surface area contributed by atoms with Crippen LogP contribution >= 0.6 is 15.9 Å². The number of halogens is 1. The molecule has 2 rings (SSSR count). The first-order valence-electron chi connectivity index (χ1n) is 6.26. The van der Waals surface area contributed by atoms with Crippen LogP contribution in [0.2, 0.25) is 0 Å². The summed E-state index contributed by atoms with van der Waals surface area (Å²) in [6.07, 6.45) is 0.327. The average Bonchev–Trinajstić information content (AvgIpc) is 2.85. The second kappa shape index (κ2) is 6.60. The van der Waals surface area contributed by atoms with Crippen LogP contribution in [-0.4, -0.2) is 32.1 Å². The van der Waals surface area contributed by atoms with Crippen molar-refractivity contribution in [1.82, 2.24) is 0 Å². The first-order chi connectivity index (χ1) is 10.1. The quantitative estimate of drug-likeness (QED) is 0.360. The summed E-state index contributed by atoms with van der Waals surface area (Å²) in [7, 11) is 1.31. The number of carbonyl (C=O) groups excluding carboxylic acids is 2. The first-order valence-corrected chi connectivity index (χ1v) is 7.05. The second-order valence-corrected chi connectivity index (χ2v) is 5.50. The van der Waals surface area contributed by atoms with Crippen molar-refractivity contribution in [2.75, 3.05) is 25.1 Å². The maximum Gasteiger partial charge on any atom is 0.337 e. The highest BCUT2D eigenvalue weighted by molar-refractivity contribution is 9.10. The van der Waals surface area contributed by atoms with Gasteiger partial charge in [-0.1, -0.05) is 5.11 Å². The molecule has 1 unspecified atom stereocenters. The van der Waals surface area contributed by atoms with Crippen molar-refractivity contribution in [3.63, 3.8) is 0 Å². The number of nitrogens with zero attached hydrogens (tertiary/aromatic N) is 4. The van der Waals surface area contributed by atoms with Crippen LogP contribution < -0.4 is 4.90 Å². The third-order valence-electron chi connectivity index (χ3n) is 3.27. The number of azide groups is 1. The van der Waals surface area contributed by atoms with E-state index in [1.165, 1.54) is 7.11 Å². The summed E-state index contributed by atoms with van der Waals surface area (Å²) in [6.45, 7) is 0.744. The zero-order chi connectivity index (χ0) is 15.4. The van der Waals surface area contributed by atoms with E-state index < -0.39 is 5.97 Å². The molecule has 110 valence electrons. The van der Waals surface area contributed by atoms with Crippen LogP contribution in [0.1, 0.15) is 16.8 Å². The van der Waals surface area contributed by atoms with Gasteiger partial charge >= 0.3 is 5.97 Å². The molecule has 0 radical (unpaired) electrons. The SMILES string of the molecule is COC(=O)c1ccc(Br)c(N2CC(CN=[N+]=[N-])CC2=O)c1. The van der Waals surface area contributed by atoms with Gasteiger partial charge in [-0.05, 0) is 45.6 Å². The molecule has 1 saturated heterocycles. The molecule has 0 N–H and O–H groups in total. The van der Waals surface area contributed by atoms with Gasteiger partial charge in [0.05, 0.1) is 18.4 Å². The van der Waals surface area contributed by atoms with Gasteiger partial charge in [-0.25, -0.2) is 4.79 Å². The van der Waals surface area contributed by atoms with Crippen LogP contribution in [0.3, 0.4) is 0 Å². The van der Waals surface area contributed by atoms with E-state index in [-0.39, 0.29) is 18.4 Å². The summed E-state index contributed by atoms with van der Waals surface area (Å²) in [6, 6.07) is 4.94. The monoisotopic (exact) mass is 352 g/mol. The fourth-order valence-electron chi connectivity index (χ4n) is 2.25. The molecule has 0 aromatic heterocycles. The standard InChI is InChI=1S/C13H13BrN4O3/c1-21-13(20)9-2-3-10(14)11(5-9)18-7-8(4-12(18)19)6-16-17-15/h2-3,5,8H,4,6-7H2,1H3. The van der Waals surface area contributed by atoms with Crippen molar-refractivity contribution in [3.8, 4) is 0 Å². The molecule has 0 aliphatic carbocycles. The van der Waals surface area contributed by atoms with Gasteiger partial charge in [-0.2, -0.15) is 0 Å². The maximum absolute atomic E-state index is 12.1. The molecule has 0 spiro atoms. The Bertz CT molecular complexity index is 628. The lowest BCUT2D eigenvalue weighted by Crippen LogP contribution is -2.25. The van der Waals surface area contributed by atoms with Crippen LogP contribution in [0.5, 0.6) is 0 Å². The molecule has 0 saturated carbocycles. The number of hydrogen-bond acceptors (Lipinski definition) is 4. The van der Waals surface area contributed by atoms with Gasteiger partial charge in [0.15, 0.2) is 0 Å². The molecule has 1 aliphatic rings. The van der Waals surface area contributed by atoms with Crippen LogP contribution in [0.15, 0.2) is 27.8 Å². The molecule has 1 aromatic carbocycles. The highest BCUT2D eigenvalue weighted by Gasteiger charge is 2.31. The number of esters is 1. The van der Waals surface area contributed by atoms with Gasteiger partial charge in [0.2, 0.25) is 5.91 Å². The highest BCUT2D eigenvalue weighted by Crippen LogP contribution is 2.32. The van der Waals surface area contributed by atoms with Crippen LogP contribution in [0.4, 0.5) is 5.69 Å². The topological polar surface area (TPSA) is 95.4 Å². The number of methoxy groups -OCH3 is 1. The Morgan fingerprint density at radius 2 is 2.38 bits per heavy atom. The van der Waals surface area contributed by atoms with Gasteiger partial charge in [-0.3, -0.25) is 4.79 Å². The Balaban J connectivity index is 2.27. The molecule has 1 aromatic rings. The van der Waals surface area contributed by atoms with Gasteiger partial charge < -0.3 is 9.64 Å². The Hall–Kier alpha value is -2.05. The smallest absolute Gasteiger partial charge is 0.337 e. The molecule has 1 amide bonds. The Morgan fingerprint density at radius 1 is 1.62 bits per heavy atom. The normalized spacial score (nSPS) is 17.5. The minimum absolute atomic E-state index is 0.0120. The van der Waals surface area contributed by atoms with E-state index in [9.17, 15) is 9.59 Å². The molecule has 7 nitrogen and oxygen atoms in total. The van der Waals surface area contributed by atoms with Crippen LogP contribution in [-0.2, 0) is 9.53 Å². The van der Waals surface area contributed by atoms with E-state index in [0.29, 0.717) is 28.7 Å². The number of benzene rings is 1. The van der Waals surface area contributed by atoms with Crippen molar-refractivity contribution in [2.24, 2.45) is 11.0 Å². The zero-order valence-corrected chi connectivity index (χ0v) is 12.9. The molecule has 1 atom stereocenters. The molecular formula is C13H13BrN4O3. The van der Waals surface area contributed by atoms with Gasteiger partial charge in [-0.15, -0.1) is 0 Å². The molecule has 0 bridgehead atoms. The van der Waals surface area contributed by atoms with E-state index in [1.54, 1.807) is 23.1 Å². The maximum atomic E-state index is 12.1. The van der Waals surface area contributed by atoms with Gasteiger partial charge in [0, 0.05) is 28.9 Å². The van der Waals surface area contributed by atoms with Crippen LogP contribution in [0, 0.1) is 5.92 Å². The van der Waals surface area contributed by atoms with Crippen molar-refractivity contribution in [2.45, 2.75) is 6.42 Å². The lowest BCUT2D eigenvalue weighted by atomic mass is 10.1. The molecule has 21 heavy (non-hydrogen) atoms. The highest BCUT2D eigenvalue weighted by atomic mass is 79.9. The van der Waals surface area contributed by atoms with Crippen molar-refractivity contribution in [1.29, 1.82) is 0 Å². The summed E-state index contributed by atoms with van der Waals surface area (Å²) in [5.41, 5.74) is 9.34. The lowest BCUT2D eigenvalue weighted by molar-refractivity contribution is -0.117. The Morgan fingerprint density at radius 3 is 3.05 bits per heavy atom. The number of amides is 1. The number of ether oxygens (including phenoxy) is 1. The van der Waals surface area contributed by atoms with E-state index in [0.717, 1.165) is 0 Å². The number of hydrogen-bond donors (Lipinski definition) is 0. The van der Waals surface area contributed by atoms with E-state index in [2.05, 4.69) is 30.7 Å². The minimum atomic E-state index is -0.457. The van der Waals surface area contributed by atoms with Gasteiger partial charge in [0.1, 0.15) is 0 Å². The summed E-state index contributed by atoms with van der Waals surface area (Å²) in [5, 5.41) is 3.51. The first kappa shape index (κ1) is 15.3. The summed E-state index contributed by atoms with van der Waals surface area (Å²) in [4.78, 5) is 28.0. The molecular weight excluding hydrogens is 340 g/mol. The molecule has 1 fully saturated rings. The van der Waals surface area contributed by atoms with Crippen molar-refractivity contribution >= 4 is 33.5 Å². The van der Waals surface area contributed by atoms with Gasteiger partial charge in [0.25, 0.3) is 0 Å². The zero-order valence-electron chi connectivity index (χ0n) is 11.3. The molecule has 8 heteroatoms. The summed E-state index contributed by atoms with van der Waals surface area (Å²) < 4.78 is 5.40. The Kier molecular flexibility index (Phi) is 4.82. The van der Waals surface area contributed by atoms with E-state index in [4.69, 9.17) is 5.53 Å². The summed E-state index contributed by atoms with van der Waals surface area (Å²) >= 11 is 3.38.